The first kappa shape index (κ1) is 19.8. The third-order valence-corrected chi connectivity index (χ3v) is 6.10. The molecular formula is C25H19ClF2N2O. The smallest absolute Gasteiger partial charge is 0.227 e. The molecule has 0 saturated carbocycles. The lowest BCUT2D eigenvalue weighted by atomic mass is 9.91. The topological polar surface area (TPSA) is 36.1 Å². The van der Waals surface area contributed by atoms with Gasteiger partial charge in [0, 0.05) is 28.2 Å². The summed E-state index contributed by atoms with van der Waals surface area (Å²) in [5.74, 6) is -0.726. The molecule has 1 unspecified atom stereocenters. The number of nitrogens with one attached hydrogen (secondary N) is 1. The number of carbonyl (C=O) groups is 1. The Bertz CT molecular complexity index is 1270. The average Bonchev–Trinajstić information content (AvgIpc) is 3.13. The van der Waals surface area contributed by atoms with E-state index in [1.54, 1.807) is 24.3 Å². The van der Waals surface area contributed by atoms with Crippen LogP contribution in [0.15, 0.2) is 66.7 Å². The maximum atomic E-state index is 13.6. The van der Waals surface area contributed by atoms with Crippen molar-refractivity contribution in [2.75, 3.05) is 6.54 Å². The van der Waals surface area contributed by atoms with E-state index in [0.29, 0.717) is 18.0 Å². The maximum absolute atomic E-state index is 13.6. The first-order chi connectivity index (χ1) is 15.0. The van der Waals surface area contributed by atoms with Crippen LogP contribution in [-0.2, 0) is 17.6 Å². The lowest BCUT2D eigenvalue weighted by molar-refractivity contribution is -0.132. The van der Waals surface area contributed by atoms with E-state index in [4.69, 9.17) is 11.6 Å². The summed E-state index contributed by atoms with van der Waals surface area (Å²) in [5, 5.41) is 1.70. The lowest BCUT2D eigenvalue weighted by Crippen LogP contribution is -2.41. The standard InChI is InChI=1S/C25H19ClF2N2O/c26-17-5-10-22-21(14-17)20-11-12-30(23(31)13-15-1-6-18(27)7-2-15)25(24(20)29-22)16-3-8-19(28)9-4-16/h1-10,14,25,29H,11-13H2. The van der Waals surface area contributed by atoms with Gasteiger partial charge in [-0.1, -0.05) is 35.9 Å². The number of fused-ring (bicyclic) bond motifs is 3. The zero-order valence-corrected chi connectivity index (χ0v) is 17.3. The van der Waals surface area contributed by atoms with Gasteiger partial charge in [0.1, 0.15) is 11.6 Å². The number of benzene rings is 3. The number of nitrogens with zero attached hydrogens (tertiary/aromatic N) is 1. The number of aromatic nitrogens is 1. The van der Waals surface area contributed by atoms with Gasteiger partial charge < -0.3 is 9.88 Å². The molecule has 0 bridgehead atoms. The van der Waals surface area contributed by atoms with Gasteiger partial charge >= 0.3 is 0 Å². The van der Waals surface area contributed by atoms with Gasteiger partial charge in [0.05, 0.1) is 12.5 Å². The minimum Gasteiger partial charge on any atom is -0.356 e. The van der Waals surface area contributed by atoms with Gasteiger partial charge in [-0.2, -0.15) is 0 Å². The summed E-state index contributed by atoms with van der Waals surface area (Å²) in [5.41, 5.74) is 4.57. The van der Waals surface area contributed by atoms with Crippen molar-refractivity contribution in [1.82, 2.24) is 9.88 Å². The van der Waals surface area contributed by atoms with Crippen LogP contribution in [0.4, 0.5) is 8.78 Å². The second-order valence-electron chi connectivity index (χ2n) is 7.80. The van der Waals surface area contributed by atoms with Crippen LogP contribution in [0.2, 0.25) is 5.02 Å². The van der Waals surface area contributed by atoms with Gasteiger partial charge in [-0.3, -0.25) is 4.79 Å². The number of amides is 1. The summed E-state index contributed by atoms with van der Waals surface area (Å²) in [6.07, 6.45) is 0.849. The van der Waals surface area contributed by atoms with Crippen molar-refractivity contribution >= 4 is 28.4 Å². The highest BCUT2D eigenvalue weighted by Crippen LogP contribution is 2.39. The normalized spacial score (nSPS) is 15.8. The summed E-state index contributed by atoms with van der Waals surface area (Å²) in [7, 11) is 0. The predicted octanol–water partition coefficient (Wildman–Crippen LogP) is 5.82. The summed E-state index contributed by atoms with van der Waals surface area (Å²) in [6, 6.07) is 17.5. The number of aromatic amines is 1. The molecule has 0 fully saturated rings. The predicted molar refractivity (Wildman–Crippen MR) is 117 cm³/mol. The van der Waals surface area contributed by atoms with Crippen molar-refractivity contribution in [2.24, 2.45) is 0 Å². The Balaban J connectivity index is 1.58. The number of hydrogen-bond acceptors (Lipinski definition) is 1. The van der Waals surface area contributed by atoms with Crippen LogP contribution < -0.4 is 0 Å². The Labute approximate surface area is 183 Å². The average molecular weight is 437 g/mol. The van der Waals surface area contributed by atoms with E-state index in [-0.39, 0.29) is 30.0 Å². The Morgan fingerprint density at radius 3 is 2.39 bits per heavy atom. The molecule has 6 heteroatoms. The summed E-state index contributed by atoms with van der Waals surface area (Å²) < 4.78 is 26.9. The minimum absolute atomic E-state index is 0.0664. The van der Waals surface area contributed by atoms with E-state index in [9.17, 15) is 13.6 Å². The molecule has 0 radical (unpaired) electrons. The first-order valence-electron chi connectivity index (χ1n) is 10.1. The van der Waals surface area contributed by atoms with Gasteiger partial charge in [-0.15, -0.1) is 0 Å². The van der Waals surface area contributed by atoms with Crippen LogP contribution in [-0.4, -0.2) is 22.3 Å². The summed E-state index contributed by atoms with van der Waals surface area (Å²) in [6.45, 7) is 0.522. The van der Waals surface area contributed by atoms with Crippen LogP contribution in [0.1, 0.15) is 28.4 Å². The number of H-pyrrole nitrogens is 1. The van der Waals surface area contributed by atoms with E-state index in [1.807, 2.05) is 23.1 Å². The van der Waals surface area contributed by atoms with Gasteiger partial charge in [-0.05, 0) is 65.6 Å². The molecule has 3 aromatic carbocycles. The third kappa shape index (κ3) is 3.70. The number of halogens is 3. The van der Waals surface area contributed by atoms with E-state index < -0.39 is 0 Å². The van der Waals surface area contributed by atoms with Crippen LogP contribution in [0.25, 0.3) is 10.9 Å². The van der Waals surface area contributed by atoms with Crippen LogP contribution >= 0.6 is 11.6 Å². The molecule has 2 heterocycles. The van der Waals surface area contributed by atoms with E-state index in [0.717, 1.165) is 33.3 Å². The van der Waals surface area contributed by atoms with Gasteiger partial charge in [0.15, 0.2) is 0 Å². The molecule has 4 aromatic rings. The molecule has 3 nitrogen and oxygen atoms in total. The molecule has 0 aliphatic carbocycles. The van der Waals surface area contributed by atoms with Crippen LogP contribution in [0, 0.1) is 11.6 Å². The zero-order valence-electron chi connectivity index (χ0n) is 16.5. The fourth-order valence-corrected chi connectivity index (χ4v) is 4.57. The molecule has 31 heavy (non-hydrogen) atoms. The SMILES string of the molecule is O=C(Cc1ccc(F)cc1)N1CCc2c([nH]c3ccc(Cl)cc23)C1c1ccc(F)cc1. The molecule has 156 valence electrons. The molecule has 1 N–H and O–H groups in total. The molecule has 1 amide bonds. The molecule has 1 aliphatic rings. The van der Waals surface area contributed by atoms with Crippen LogP contribution in [0.3, 0.4) is 0 Å². The van der Waals surface area contributed by atoms with E-state index >= 15 is 0 Å². The first-order valence-corrected chi connectivity index (χ1v) is 10.5. The monoisotopic (exact) mass is 436 g/mol. The third-order valence-electron chi connectivity index (χ3n) is 5.86. The van der Waals surface area contributed by atoms with Gasteiger partial charge in [0.25, 0.3) is 0 Å². The second-order valence-corrected chi connectivity index (χ2v) is 8.24. The lowest BCUT2D eigenvalue weighted by Gasteiger charge is -2.36. The van der Waals surface area contributed by atoms with E-state index in [1.165, 1.54) is 24.3 Å². The molecule has 1 aliphatic heterocycles. The Hall–Kier alpha value is -3.18. The largest absolute Gasteiger partial charge is 0.356 e. The van der Waals surface area contributed by atoms with Gasteiger partial charge in [0.2, 0.25) is 5.91 Å². The maximum Gasteiger partial charge on any atom is 0.227 e. The highest BCUT2D eigenvalue weighted by Gasteiger charge is 2.34. The van der Waals surface area contributed by atoms with Crippen LogP contribution in [0.5, 0.6) is 0 Å². The number of hydrogen-bond donors (Lipinski definition) is 1. The molecule has 5 rings (SSSR count). The quantitative estimate of drug-likeness (QED) is 0.432. The Morgan fingerprint density at radius 1 is 1.00 bits per heavy atom. The van der Waals surface area contributed by atoms with Gasteiger partial charge in [-0.25, -0.2) is 8.78 Å². The Kier molecular flexibility index (Phi) is 4.98. The molecule has 0 saturated heterocycles. The molecule has 0 spiro atoms. The molecule has 1 aromatic heterocycles. The van der Waals surface area contributed by atoms with Crippen molar-refractivity contribution in [3.8, 4) is 0 Å². The van der Waals surface area contributed by atoms with E-state index in [2.05, 4.69) is 4.98 Å². The number of rotatable bonds is 3. The Morgan fingerprint density at radius 2 is 1.68 bits per heavy atom. The summed E-state index contributed by atoms with van der Waals surface area (Å²) in [4.78, 5) is 18.6. The van der Waals surface area contributed by atoms with Crippen molar-refractivity contribution in [3.63, 3.8) is 0 Å². The fourth-order valence-electron chi connectivity index (χ4n) is 4.40. The number of carbonyl (C=O) groups excluding carboxylic acids is 1. The van der Waals surface area contributed by atoms with Crippen molar-refractivity contribution < 1.29 is 13.6 Å². The highest BCUT2D eigenvalue weighted by atomic mass is 35.5. The molecule has 1 atom stereocenters. The second kappa shape index (κ2) is 7.82. The highest BCUT2D eigenvalue weighted by molar-refractivity contribution is 6.31. The minimum atomic E-state index is -0.372. The fraction of sp³-hybridized carbons (Fsp3) is 0.160. The summed E-state index contributed by atoms with van der Waals surface area (Å²) >= 11 is 6.22. The van der Waals surface area contributed by atoms with Crippen molar-refractivity contribution in [2.45, 2.75) is 18.9 Å². The van der Waals surface area contributed by atoms with Crippen molar-refractivity contribution in [3.05, 3.63) is 106 Å². The zero-order chi connectivity index (χ0) is 21.5. The van der Waals surface area contributed by atoms with Crippen molar-refractivity contribution in [1.29, 1.82) is 0 Å². The molecular weight excluding hydrogens is 418 g/mol.